The Bertz CT molecular complexity index is 643. The zero-order valence-electron chi connectivity index (χ0n) is 11.5. The molecule has 0 aliphatic carbocycles. The first kappa shape index (κ1) is 15.8. The lowest BCUT2D eigenvalue weighted by molar-refractivity contribution is 0.0696. The van der Waals surface area contributed by atoms with Crippen molar-refractivity contribution in [3.63, 3.8) is 0 Å². The van der Waals surface area contributed by atoms with Crippen molar-refractivity contribution in [2.45, 2.75) is 6.54 Å². The van der Waals surface area contributed by atoms with Crippen LogP contribution in [-0.4, -0.2) is 38.8 Å². The average molecular weight is 328 g/mol. The number of carbonyl (C=O) groups is 1. The molecule has 0 aliphatic heterocycles. The topological polar surface area (TPSA) is 58.4 Å². The molecule has 2 rings (SSSR count). The molecule has 1 N–H and O–H groups in total. The molecule has 0 atom stereocenters. The summed E-state index contributed by atoms with van der Waals surface area (Å²) < 4.78 is 1.50. The molecule has 2 aromatic rings. The summed E-state index contributed by atoms with van der Waals surface area (Å²) >= 11 is 11.9. The van der Waals surface area contributed by atoms with Crippen molar-refractivity contribution in [3.05, 3.63) is 51.8 Å². The second kappa shape index (κ2) is 6.93. The molecular formula is C14H15Cl2N3O2. The van der Waals surface area contributed by atoms with E-state index in [2.05, 4.69) is 5.10 Å². The number of carbonyl (C=O) groups excluding carboxylic acids is 1. The second-order valence-electron chi connectivity index (χ2n) is 4.54. The molecule has 0 bridgehead atoms. The quantitative estimate of drug-likeness (QED) is 0.917. The fraction of sp³-hybridized carbons (Fsp3) is 0.286. The van der Waals surface area contributed by atoms with E-state index in [9.17, 15) is 4.79 Å². The van der Waals surface area contributed by atoms with Gasteiger partial charge in [-0.15, -0.1) is 0 Å². The molecule has 0 unspecified atom stereocenters. The molecule has 21 heavy (non-hydrogen) atoms. The van der Waals surface area contributed by atoms with Gasteiger partial charge in [-0.05, 0) is 23.8 Å². The Morgan fingerprint density at radius 3 is 2.67 bits per heavy atom. The van der Waals surface area contributed by atoms with Gasteiger partial charge >= 0.3 is 0 Å². The van der Waals surface area contributed by atoms with Gasteiger partial charge in [0.1, 0.15) is 5.69 Å². The zero-order chi connectivity index (χ0) is 15.4. The molecule has 0 radical (unpaired) electrons. The lowest BCUT2D eigenvalue weighted by atomic mass is 10.2. The molecule has 0 fully saturated rings. The fourth-order valence-electron chi connectivity index (χ4n) is 1.98. The summed E-state index contributed by atoms with van der Waals surface area (Å²) in [4.78, 5) is 14.0. The number of amides is 1. The van der Waals surface area contributed by atoms with Gasteiger partial charge in [0, 0.05) is 26.3 Å². The van der Waals surface area contributed by atoms with Gasteiger partial charge in [-0.2, -0.15) is 5.10 Å². The van der Waals surface area contributed by atoms with Crippen molar-refractivity contribution in [3.8, 4) is 0 Å². The lowest BCUT2D eigenvalue weighted by Crippen LogP contribution is -2.34. The summed E-state index contributed by atoms with van der Waals surface area (Å²) in [6, 6.07) is 6.84. The first-order valence-corrected chi connectivity index (χ1v) is 7.10. The van der Waals surface area contributed by atoms with E-state index in [1.807, 2.05) is 0 Å². The van der Waals surface area contributed by atoms with Crippen LogP contribution in [0.2, 0.25) is 10.0 Å². The minimum Gasteiger partial charge on any atom is -0.395 e. The number of rotatable bonds is 5. The molecule has 112 valence electrons. The lowest BCUT2D eigenvalue weighted by Gasteiger charge is -2.22. The summed E-state index contributed by atoms with van der Waals surface area (Å²) in [6.07, 6.45) is 1.56. The summed E-state index contributed by atoms with van der Waals surface area (Å²) in [5.41, 5.74) is 1.30. The highest BCUT2D eigenvalue weighted by molar-refractivity contribution is 6.42. The van der Waals surface area contributed by atoms with Crippen LogP contribution in [0.1, 0.15) is 16.1 Å². The van der Waals surface area contributed by atoms with Gasteiger partial charge in [-0.25, -0.2) is 0 Å². The standard InChI is InChI=1S/C14H15Cl2N3O2/c1-18-13(4-5-17-18)14(21)19(6-7-20)9-10-2-3-11(15)12(16)8-10/h2-5,8,20H,6-7,9H2,1H3. The monoisotopic (exact) mass is 327 g/mol. The normalized spacial score (nSPS) is 10.7. The van der Waals surface area contributed by atoms with E-state index in [0.717, 1.165) is 5.56 Å². The van der Waals surface area contributed by atoms with E-state index >= 15 is 0 Å². The number of halogens is 2. The molecule has 0 saturated carbocycles. The molecule has 7 heteroatoms. The van der Waals surface area contributed by atoms with Gasteiger partial charge in [0.25, 0.3) is 5.91 Å². The van der Waals surface area contributed by atoms with Crippen molar-refractivity contribution in [2.24, 2.45) is 7.05 Å². The Labute approximate surface area is 132 Å². The largest absolute Gasteiger partial charge is 0.395 e. The second-order valence-corrected chi connectivity index (χ2v) is 5.35. The third kappa shape index (κ3) is 3.75. The molecule has 0 saturated heterocycles. The van der Waals surface area contributed by atoms with E-state index in [0.29, 0.717) is 22.3 Å². The number of aliphatic hydroxyl groups is 1. The number of hydrogen-bond acceptors (Lipinski definition) is 3. The molecule has 0 spiro atoms. The van der Waals surface area contributed by atoms with Crippen LogP contribution in [0.15, 0.2) is 30.5 Å². The first-order chi connectivity index (χ1) is 10.0. The minimum atomic E-state index is -0.199. The molecule has 1 amide bonds. The van der Waals surface area contributed by atoms with Crippen LogP contribution in [0.5, 0.6) is 0 Å². The highest BCUT2D eigenvalue weighted by Crippen LogP contribution is 2.23. The number of aromatic nitrogens is 2. The van der Waals surface area contributed by atoms with Crippen molar-refractivity contribution >= 4 is 29.1 Å². The van der Waals surface area contributed by atoms with Crippen LogP contribution >= 0.6 is 23.2 Å². The number of nitrogens with zero attached hydrogens (tertiary/aromatic N) is 3. The number of aliphatic hydroxyl groups excluding tert-OH is 1. The van der Waals surface area contributed by atoms with Gasteiger partial charge < -0.3 is 10.0 Å². The molecule has 1 aromatic carbocycles. The van der Waals surface area contributed by atoms with Crippen molar-refractivity contribution in [1.82, 2.24) is 14.7 Å². The van der Waals surface area contributed by atoms with E-state index in [-0.39, 0.29) is 19.1 Å². The predicted octanol–water partition coefficient (Wildman–Crippen LogP) is 2.36. The van der Waals surface area contributed by atoms with Gasteiger partial charge in [-0.3, -0.25) is 9.48 Å². The summed E-state index contributed by atoms with van der Waals surface area (Å²) in [7, 11) is 1.70. The number of aryl methyl sites for hydroxylation is 1. The smallest absolute Gasteiger partial charge is 0.272 e. The highest BCUT2D eigenvalue weighted by Gasteiger charge is 2.18. The van der Waals surface area contributed by atoms with Crippen molar-refractivity contribution in [1.29, 1.82) is 0 Å². The molecule has 1 heterocycles. The van der Waals surface area contributed by atoms with Gasteiger partial charge in [0.05, 0.1) is 16.7 Å². The Balaban J connectivity index is 2.21. The maximum absolute atomic E-state index is 12.5. The van der Waals surface area contributed by atoms with Crippen LogP contribution in [0.3, 0.4) is 0 Å². The highest BCUT2D eigenvalue weighted by atomic mass is 35.5. The van der Waals surface area contributed by atoms with Crippen LogP contribution < -0.4 is 0 Å². The maximum Gasteiger partial charge on any atom is 0.272 e. The average Bonchev–Trinajstić information content (AvgIpc) is 2.88. The first-order valence-electron chi connectivity index (χ1n) is 6.35. The summed E-state index contributed by atoms with van der Waals surface area (Å²) in [5, 5.41) is 14.0. The summed E-state index contributed by atoms with van der Waals surface area (Å²) in [6.45, 7) is 0.441. The Kier molecular flexibility index (Phi) is 5.22. The Morgan fingerprint density at radius 1 is 1.33 bits per heavy atom. The van der Waals surface area contributed by atoms with E-state index < -0.39 is 0 Å². The van der Waals surface area contributed by atoms with Crippen LogP contribution in [-0.2, 0) is 13.6 Å². The van der Waals surface area contributed by atoms with Crippen LogP contribution in [0.4, 0.5) is 0 Å². The number of hydrogen-bond donors (Lipinski definition) is 1. The third-order valence-electron chi connectivity index (χ3n) is 3.05. The van der Waals surface area contributed by atoms with Crippen molar-refractivity contribution in [2.75, 3.05) is 13.2 Å². The van der Waals surface area contributed by atoms with E-state index in [1.165, 1.54) is 9.58 Å². The number of benzene rings is 1. The molecule has 5 nitrogen and oxygen atoms in total. The Hall–Kier alpha value is -1.56. The van der Waals surface area contributed by atoms with Gasteiger partial charge in [-0.1, -0.05) is 29.3 Å². The molecule has 1 aromatic heterocycles. The van der Waals surface area contributed by atoms with Gasteiger partial charge in [0.2, 0.25) is 0 Å². The molecule has 0 aliphatic rings. The van der Waals surface area contributed by atoms with Gasteiger partial charge in [0.15, 0.2) is 0 Å². The maximum atomic E-state index is 12.5. The van der Waals surface area contributed by atoms with Crippen molar-refractivity contribution < 1.29 is 9.90 Å². The predicted molar refractivity (Wildman–Crippen MR) is 81.5 cm³/mol. The fourth-order valence-corrected chi connectivity index (χ4v) is 2.30. The molecular weight excluding hydrogens is 313 g/mol. The van der Waals surface area contributed by atoms with E-state index in [1.54, 1.807) is 37.5 Å². The van der Waals surface area contributed by atoms with Crippen LogP contribution in [0, 0.1) is 0 Å². The Morgan fingerprint density at radius 2 is 2.10 bits per heavy atom. The third-order valence-corrected chi connectivity index (χ3v) is 3.79. The van der Waals surface area contributed by atoms with Crippen LogP contribution in [0.25, 0.3) is 0 Å². The van der Waals surface area contributed by atoms with E-state index in [4.69, 9.17) is 28.3 Å². The minimum absolute atomic E-state index is 0.120. The SMILES string of the molecule is Cn1nccc1C(=O)N(CCO)Cc1ccc(Cl)c(Cl)c1. The zero-order valence-corrected chi connectivity index (χ0v) is 13.0. The summed E-state index contributed by atoms with van der Waals surface area (Å²) in [5.74, 6) is -0.199.